The molecule has 0 aromatic heterocycles. The van der Waals surface area contributed by atoms with Crippen LogP contribution in [-0.4, -0.2) is 13.1 Å². The smallest absolute Gasteiger partial charge is 0.00148 e. The van der Waals surface area contributed by atoms with Gasteiger partial charge in [0.25, 0.3) is 0 Å². The highest BCUT2D eigenvalue weighted by atomic mass is 14.8. The highest BCUT2D eigenvalue weighted by Gasteiger charge is 2.24. The molecular formula is C18H29N. The summed E-state index contributed by atoms with van der Waals surface area (Å²) in [6, 6.07) is 7.11. The van der Waals surface area contributed by atoms with E-state index in [0.29, 0.717) is 0 Å². The molecule has 0 spiro atoms. The third kappa shape index (κ3) is 3.82. The molecule has 1 aromatic carbocycles. The third-order valence-electron chi connectivity index (χ3n) is 4.77. The van der Waals surface area contributed by atoms with E-state index in [4.69, 9.17) is 0 Å². The Morgan fingerprint density at radius 1 is 1.05 bits per heavy atom. The molecule has 1 fully saturated rings. The van der Waals surface area contributed by atoms with E-state index in [0.717, 1.165) is 18.4 Å². The van der Waals surface area contributed by atoms with Crippen molar-refractivity contribution in [2.75, 3.05) is 13.1 Å². The summed E-state index contributed by atoms with van der Waals surface area (Å²) in [6.45, 7) is 8.95. The van der Waals surface area contributed by atoms with Crippen LogP contribution in [0.2, 0.25) is 0 Å². The Labute approximate surface area is 118 Å². The van der Waals surface area contributed by atoms with Crippen LogP contribution in [0, 0.1) is 19.8 Å². The van der Waals surface area contributed by atoms with E-state index < -0.39 is 0 Å². The molecule has 0 heterocycles. The minimum Gasteiger partial charge on any atom is -0.317 e. The number of aryl methyl sites for hydroxylation is 2. The Bertz CT molecular complexity index is 397. The first-order valence-electron chi connectivity index (χ1n) is 8.00. The lowest BCUT2D eigenvalue weighted by Gasteiger charge is -2.26. The van der Waals surface area contributed by atoms with Crippen LogP contribution in [0.5, 0.6) is 0 Å². The summed E-state index contributed by atoms with van der Waals surface area (Å²) in [6.07, 6.45) is 7.00. The Morgan fingerprint density at radius 2 is 1.84 bits per heavy atom. The van der Waals surface area contributed by atoms with Gasteiger partial charge in [-0.3, -0.25) is 0 Å². The van der Waals surface area contributed by atoms with Crippen LogP contribution in [0.3, 0.4) is 0 Å². The van der Waals surface area contributed by atoms with Gasteiger partial charge >= 0.3 is 0 Å². The topological polar surface area (TPSA) is 12.0 Å². The summed E-state index contributed by atoms with van der Waals surface area (Å²) in [5, 5.41) is 3.57. The zero-order chi connectivity index (χ0) is 13.7. The maximum absolute atomic E-state index is 3.57. The lowest BCUT2D eigenvalue weighted by Crippen LogP contribution is -2.26. The van der Waals surface area contributed by atoms with Gasteiger partial charge in [-0.05, 0) is 68.3 Å². The van der Waals surface area contributed by atoms with Gasteiger partial charge in [0.1, 0.15) is 0 Å². The van der Waals surface area contributed by atoms with Crippen LogP contribution in [0.25, 0.3) is 0 Å². The molecule has 0 aliphatic heterocycles. The average Bonchev–Trinajstić information content (AvgIpc) is 2.65. The molecule has 0 bridgehead atoms. The SMILES string of the molecule is CCNCC1CCCCCC1c1ccc(C)c(C)c1. The van der Waals surface area contributed by atoms with E-state index in [-0.39, 0.29) is 0 Å². The Morgan fingerprint density at radius 3 is 2.58 bits per heavy atom. The largest absolute Gasteiger partial charge is 0.317 e. The molecule has 1 aliphatic carbocycles. The van der Waals surface area contributed by atoms with E-state index in [1.54, 1.807) is 5.56 Å². The zero-order valence-corrected chi connectivity index (χ0v) is 12.8. The van der Waals surface area contributed by atoms with Crippen molar-refractivity contribution in [3.8, 4) is 0 Å². The van der Waals surface area contributed by atoms with Gasteiger partial charge in [0.15, 0.2) is 0 Å². The summed E-state index contributed by atoms with van der Waals surface area (Å²) < 4.78 is 0. The number of benzene rings is 1. The molecule has 1 aromatic rings. The minimum absolute atomic E-state index is 0.765. The molecule has 1 saturated carbocycles. The van der Waals surface area contributed by atoms with Crippen LogP contribution < -0.4 is 5.32 Å². The molecular weight excluding hydrogens is 230 g/mol. The van der Waals surface area contributed by atoms with Gasteiger partial charge in [0.05, 0.1) is 0 Å². The van der Waals surface area contributed by atoms with Crippen LogP contribution in [-0.2, 0) is 0 Å². The normalized spacial score (nSPS) is 24.2. The van der Waals surface area contributed by atoms with Crippen molar-refractivity contribution in [2.24, 2.45) is 5.92 Å². The van der Waals surface area contributed by atoms with E-state index in [2.05, 4.69) is 44.3 Å². The summed E-state index contributed by atoms with van der Waals surface area (Å²) in [7, 11) is 0. The molecule has 1 nitrogen and oxygen atoms in total. The molecule has 1 N–H and O–H groups in total. The third-order valence-corrected chi connectivity index (χ3v) is 4.77. The minimum atomic E-state index is 0.765. The lowest BCUT2D eigenvalue weighted by atomic mass is 9.81. The van der Waals surface area contributed by atoms with Gasteiger partial charge in [0.2, 0.25) is 0 Å². The molecule has 2 unspecified atom stereocenters. The first-order valence-corrected chi connectivity index (χ1v) is 8.00. The maximum atomic E-state index is 3.57. The van der Waals surface area contributed by atoms with Crippen molar-refractivity contribution in [1.29, 1.82) is 0 Å². The van der Waals surface area contributed by atoms with Gasteiger partial charge in [-0.25, -0.2) is 0 Å². The molecule has 2 rings (SSSR count). The number of nitrogens with one attached hydrogen (secondary N) is 1. The van der Waals surface area contributed by atoms with Gasteiger partial charge in [-0.2, -0.15) is 0 Å². The van der Waals surface area contributed by atoms with E-state index in [1.165, 1.54) is 49.8 Å². The molecule has 106 valence electrons. The second-order valence-corrected chi connectivity index (χ2v) is 6.16. The zero-order valence-electron chi connectivity index (χ0n) is 12.8. The maximum Gasteiger partial charge on any atom is -0.00148 e. The predicted octanol–water partition coefficient (Wildman–Crippen LogP) is 4.58. The fraction of sp³-hybridized carbons (Fsp3) is 0.667. The van der Waals surface area contributed by atoms with Crippen molar-refractivity contribution < 1.29 is 0 Å². The summed E-state index contributed by atoms with van der Waals surface area (Å²) >= 11 is 0. The summed E-state index contributed by atoms with van der Waals surface area (Å²) in [5.41, 5.74) is 4.44. The molecule has 1 heteroatoms. The fourth-order valence-corrected chi connectivity index (χ4v) is 3.39. The Balaban J connectivity index is 2.18. The first kappa shape index (κ1) is 14.6. The summed E-state index contributed by atoms with van der Waals surface area (Å²) in [5.74, 6) is 1.59. The monoisotopic (exact) mass is 259 g/mol. The first-order chi connectivity index (χ1) is 9.22. The average molecular weight is 259 g/mol. The van der Waals surface area contributed by atoms with Crippen LogP contribution >= 0.6 is 0 Å². The highest BCUT2D eigenvalue weighted by Crippen LogP contribution is 2.36. The molecule has 1 aliphatic rings. The van der Waals surface area contributed by atoms with Gasteiger partial charge in [0, 0.05) is 0 Å². The van der Waals surface area contributed by atoms with Crippen LogP contribution in [0.4, 0.5) is 0 Å². The van der Waals surface area contributed by atoms with Gasteiger partial charge < -0.3 is 5.32 Å². The van der Waals surface area contributed by atoms with Gasteiger partial charge in [-0.1, -0.05) is 44.4 Å². The lowest BCUT2D eigenvalue weighted by molar-refractivity contribution is 0.378. The van der Waals surface area contributed by atoms with E-state index >= 15 is 0 Å². The predicted molar refractivity (Wildman–Crippen MR) is 83.8 cm³/mol. The fourth-order valence-electron chi connectivity index (χ4n) is 3.39. The number of hydrogen-bond donors (Lipinski definition) is 1. The van der Waals surface area contributed by atoms with Crippen molar-refractivity contribution in [3.63, 3.8) is 0 Å². The highest BCUT2D eigenvalue weighted by molar-refractivity contribution is 5.32. The van der Waals surface area contributed by atoms with Crippen molar-refractivity contribution >= 4 is 0 Å². The summed E-state index contributed by atoms with van der Waals surface area (Å²) in [4.78, 5) is 0. The van der Waals surface area contributed by atoms with Crippen molar-refractivity contribution in [3.05, 3.63) is 34.9 Å². The molecule has 0 saturated heterocycles. The van der Waals surface area contributed by atoms with Crippen molar-refractivity contribution in [2.45, 2.75) is 58.8 Å². The number of rotatable bonds is 4. The van der Waals surface area contributed by atoms with E-state index in [1.807, 2.05) is 0 Å². The quantitative estimate of drug-likeness (QED) is 0.781. The van der Waals surface area contributed by atoms with Crippen molar-refractivity contribution in [1.82, 2.24) is 5.32 Å². The standard InChI is InChI=1S/C18H29N/c1-4-19-13-17-8-6-5-7-9-18(17)16-11-10-14(2)15(3)12-16/h10-12,17-19H,4-9,13H2,1-3H3. The second-order valence-electron chi connectivity index (χ2n) is 6.16. The van der Waals surface area contributed by atoms with Gasteiger partial charge in [-0.15, -0.1) is 0 Å². The molecule has 0 radical (unpaired) electrons. The molecule has 0 amide bonds. The van der Waals surface area contributed by atoms with E-state index in [9.17, 15) is 0 Å². The molecule has 2 atom stereocenters. The molecule has 19 heavy (non-hydrogen) atoms. The number of hydrogen-bond acceptors (Lipinski definition) is 1. The second kappa shape index (κ2) is 7.09. The Hall–Kier alpha value is -0.820. The van der Waals surface area contributed by atoms with Crippen LogP contribution in [0.1, 0.15) is 61.6 Å². The Kier molecular flexibility index (Phi) is 5.45. The van der Waals surface area contributed by atoms with Crippen LogP contribution in [0.15, 0.2) is 18.2 Å².